The number of allylic oxidation sites excluding steroid dienone is 4. The van der Waals surface area contributed by atoms with E-state index in [0.29, 0.717) is 13.2 Å². The average molecular weight is 719 g/mol. The maximum Gasteiger partial charge on any atom is 0.261 e. The fourth-order valence-corrected chi connectivity index (χ4v) is 12.3. The van der Waals surface area contributed by atoms with E-state index in [9.17, 15) is 0 Å². The highest BCUT2D eigenvalue weighted by atomic mass is 28.4. The van der Waals surface area contributed by atoms with Crippen LogP contribution in [-0.2, 0) is 18.3 Å². The second kappa shape index (κ2) is 17.6. The van der Waals surface area contributed by atoms with Crippen LogP contribution >= 0.6 is 0 Å². The van der Waals surface area contributed by atoms with Gasteiger partial charge in [-0.3, -0.25) is 0 Å². The predicted molar refractivity (Wildman–Crippen MR) is 220 cm³/mol. The topological polar surface area (TPSA) is 36.9 Å². The third-order valence-corrected chi connectivity index (χ3v) is 20.4. The molecule has 2 unspecified atom stereocenters. The smallest absolute Gasteiger partial charge is 0.261 e. The zero-order valence-corrected chi connectivity index (χ0v) is 36.0. The van der Waals surface area contributed by atoms with Crippen LogP contribution in [0.5, 0.6) is 0 Å². The molecule has 2 atom stereocenters. The minimum absolute atomic E-state index is 0.0379. The Kier molecular flexibility index (Phi) is 14.9. The third-order valence-electron chi connectivity index (χ3n) is 10.9. The van der Waals surface area contributed by atoms with Crippen LogP contribution in [0.3, 0.4) is 0 Å². The second-order valence-electron chi connectivity index (χ2n) is 17.7. The van der Waals surface area contributed by atoms with E-state index < -0.39 is 22.4 Å². The van der Waals surface area contributed by atoms with Crippen LogP contribution in [0.15, 0.2) is 96.1 Å². The van der Waals surface area contributed by atoms with E-state index >= 15 is 0 Å². The molecule has 0 spiro atoms. The summed E-state index contributed by atoms with van der Waals surface area (Å²) in [7, 11) is -4.25. The number of ether oxygens (including phenoxy) is 2. The quantitative estimate of drug-likeness (QED) is 0.121. The fourth-order valence-electron chi connectivity index (χ4n) is 6.90. The van der Waals surface area contributed by atoms with Crippen molar-refractivity contribution in [1.82, 2.24) is 0 Å². The van der Waals surface area contributed by atoms with Crippen molar-refractivity contribution in [1.29, 1.82) is 0 Å². The van der Waals surface area contributed by atoms with E-state index in [1.807, 2.05) is 13.8 Å². The summed E-state index contributed by atoms with van der Waals surface area (Å²) < 4.78 is 26.5. The Morgan fingerprint density at radius 3 is 1.82 bits per heavy atom. The highest BCUT2D eigenvalue weighted by Gasteiger charge is 2.50. The van der Waals surface area contributed by atoms with Gasteiger partial charge >= 0.3 is 0 Å². The molecule has 6 heteroatoms. The van der Waals surface area contributed by atoms with Gasteiger partial charge in [0.15, 0.2) is 14.1 Å². The highest BCUT2D eigenvalue weighted by molar-refractivity contribution is 6.99. The molecule has 0 radical (unpaired) electrons. The molecule has 4 nitrogen and oxygen atoms in total. The molecule has 1 aliphatic heterocycles. The molecular weight excluding hydrogens is 649 g/mol. The van der Waals surface area contributed by atoms with Gasteiger partial charge in [-0.1, -0.05) is 138 Å². The molecule has 1 aliphatic rings. The van der Waals surface area contributed by atoms with E-state index in [-0.39, 0.29) is 21.8 Å². The largest absolute Gasteiger partial charge is 0.413 e. The zero-order valence-electron chi connectivity index (χ0n) is 34.0. The minimum Gasteiger partial charge on any atom is -0.413 e. The molecule has 3 rings (SSSR count). The van der Waals surface area contributed by atoms with Crippen LogP contribution in [0, 0.1) is 0 Å². The van der Waals surface area contributed by atoms with Crippen LogP contribution in [0.25, 0.3) is 0 Å². The van der Waals surface area contributed by atoms with E-state index in [0.717, 1.165) is 38.5 Å². The Morgan fingerprint density at radius 1 is 0.720 bits per heavy atom. The van der Waals surface area contributed by atoms with Crippen LogP contribution in [0.1, 0.15) is 115 Å². The molecule has 2 aromatic carbocycles. The highest BCUT2D eigenvalue weighted by Crippen LogP contribution is 2.42. The lowest BCUT2D eigenvalue weighted by molar-refractivity contribution is -0.161. The molecule has 2 aromatic rings. The monoisotopic (exact) mass is 718 g/mol. The van der Waals surface area contributed by atoms with Gasteiger partial charge in [0.05, 0.1) is 24.9 Å². The van der Waals surface area contributed by atoms with Gasteiger partial charge in [0, 0.05) is 0 Å². The van der Waals surface area contributed by atoms with Gasteiger partial charge in [-0.15, -0.1) is 0 Å². The Balaban J connectivity index is 1.58. The van der Waals surface area contributed by atoms with Gasteiger partial charge in [0.25, 0.3) is 8.32 Å². The first-order valence-electron chi connectivity index (χ1n) is 19.0. The van der Waals surface area contributed by atoms with Crippen molar-refractivity contribution in [2.45, 2.75) is 155 Å². The predicted octanol–water partition coefficient (Wildman–Crippen LogP) is 11.3. The Morgan fingerprint density at radius 2 is 1.28 bits per heavy atom. The number of rotatable bonds is 17. The van der Waals surface area contributed by atoms with Gasteiger partial charge in [0.2, 0.25) is 0 Å². The average Bonchev–Trinajstić information content (AvgIpc) is 3.26. The molecule has 1 heterocycles. The van der Waals surface area contributed by atoms with Crippen molar-refractivity contribution in [2.24, 2.45) is 0 Å². The fraction of sp³-hybridized carbons (Fsp3) is 0.591. The van der Waals surface area contributed by atoms with E-state index in [2.05, 4.69) is 160 Å². The standard InChI is InChI=1S/C44H70O4Si2/c1-36(24-17-16-22-34-45-49(12,13)41(3,4)5)25-23-33-44(11)40(47-43(9,10)48-44)31-30-37(2)32-35-46-50(42(6,7)8,38-26-18-14-19-27-38)39-28-20-15-21-29-39/h14-16,18-22,25-29,32,40H,17,23-24,30-31,33-35H2,1-13H3. The molecule has 0 aromatic heterocycles. The number of hydrogen-bond donors (Lipinski definition) is 0. The van der Waals surface area contributed by atoms with E-state index in [4.69, 9.17) is 18.3 Å². The molecule has 1 saturated heterocycles. The van der Waals surface area contributed by atoms with Crippen molar-refractivity contribution in [3.63, 3.8) is 0 Å². The first-order chi connectivity index (χ1) is 23.2. The van der Waals surface area contributed by atoms with Gasteiger partial charge in [-0.05, 0) is 107 Å². The molecule has 278 valence electrons. The van der Waals surface area contributed by atoms with Crippen molar-refractivity contribution in [3.8, 4) is 0 Å². The van der Waals surface area contributed by atoms with E-state index in [1.54, 1.807) is 0 Å². The number of hydrogen-bond acceptors (Lipinski definition) is 4. The summed E-state index contributed by atoms with van der Waals surface area (Å²) in [5.74, 6) is -0.584. The lowest BCUT2D eigenvalue weighted by Crippen LogP contribution is -2.66. The summed E-state index contributed by atoms with van der Waals surface area (Å²) in [6.45, 7) is 30.6. The Bertz CT molecular complexity index is 1370. The molecule has 1 fully saturated rings. The van der Waals surface area contributed by atoms with Crippen molar-refractivity contribution in [3.05, 3.63) is 96.1 Å². The first-order valence-corrected chi connectivity index (χ1v) is 23.8. The first kappa shape index (κ1) is 42.3. The maximum absolute atomic E-state index is 7.12. The number of benzene rings is 2. The second-order valence-corrected chi connectivity index (χ2v) is 26.8. The maximum atomic E-state index is 7.12. The Hall–Kier alpha value is -2.07. The molecular formula is C44H70O4Si2. The Labute approximate surface area is 309 Å². The lowest BCUT2D eigenvalue weighted by Gasteiger charge is -2.42. The summed E-state index contributed by atoms with van der Waals surface area (Å²) >= 11 is 0. The van der Waals surface area contributed by atoms with Crippen molar-refractivity contribution >= 4 is 27.0 Å². The van der Waals surface area contributed by atoms with Gasteiger partial charge in [-0.2, -0.15) is 0 Å². The summed E-state index contributed by atoms with van der Waals surface area (Å²) in [6, 6.07) is 21.8. The SMILES string of the molecule is CC(=CCCC1(C)OC(C)(C)OC1CCC(C)=CCO[Si](c1ccccc1)(c1ccccc1)C(C)(C)C)CCC=CCO[Si](C)(C)C(C)(C)C. The summed E-state index contributed by atoms with van der Waals surface area (Å²) in [5.41, 5.74) is 2.43. The van der Waals surface area contributed by atoms with Gasteiger partial charge < -0.3 is 18.3 Å². The summed E-state index contributed by atoms with van der Waals surface area (Å²) in [4.78, 5) is 0. The van der Waals surface area contributed by atoms with Crippen LogP contribution in [-0.4, -0.2) is 47.3 Å². The van der Waals surface area contributed by atoms with Crippen molar-refractivity contribution in [2.75, 3.05) is 13.2 Å². The summed E-state index contributed by atoms with van der Waals surface area (Å²) in [6.07, 6.45) is 15.1. The molecule has 50 heavy (non-hydrogen) atoms. The summed E-state index contributed by atoms with van der Waals surface area (Å²) in [5, 5.41) is 2.83. The van der Waals surface area contributed by atoms with Gasteiger partial charge in [-0.25, -0.2) is 0 Å². The zero-order chi connectivity index (χ0) is 37.3. The molecule has 0 aliphatic carbocycles. The molecule has 0 saturated carbocycles. The molecule has 0 amide bonds. The van der Waals surface area contributed by atoms with Crippen molar-refractivity contribution < 1.29 is 18.3 Å². The molecule has 0 N–H and O–H groups in total. The lowest BCUT2D eigenvalue weighted by atomic mass is 9.89. The van der Waals surface area contributed by atoms with Crippen LogP contribution in [0.4, 0.5) is 0 Å². The normalized spacial score (nSPS) is 20.9. The van der Waals surface area contributed by atoms with E-state index in [1.165, 1.54) is 21.5 Å². The molecule has 0 bridgehead atoms. The third kappa shape index (κ3) is 11.5. The van der Waals surface area contributed by atoms with Crippen LogP contribution in [0.2, 0.25) is 23.2 Å². The van der Waals surface area contributed by atoms with Gasteiger partial charge in [0.1, 0.15) is 0 Å². The minimum atomic E-state index is -2.56. The van der Waals surface area contributed by atoms with Crippen LogP contribution < -0.4 is 10.4 Å².